The van der Waals surface area contributed by atoms with E-state index in [1.807, 2.05) is 67.3 Å². The lowest BCUT2D eigenvalue weighted by molar-refractivity contribution is 0.00578. The first-order valence-corrected chi connectivity index (χ1v) is 22.0. The van der Waals surface area contributed by atoms with Crippen LogP contribution in [-0.4, -0.2) is 38.3 Å². The molecule has 0 aliphatic carbocycles. The Kier molecular flexibility index (Phi) is 17.1. The van der Waals surface area contributed by atoms with E-state index in [0.717, 1.165) is 58.9 Å². The van der Waals surface area contributed by atoms with E-state index in [-0.39, 0.29) is 24.8 Å². The molecule has 0 unspecified atom stereocenters. The Morgan fingerprint density at radius 3 is 1.10 bits per heavy atom. The second-order valence-electron chi connectivity index (χ2n) is 15.1. The van der Waals surface area contributed by atoms with Crippen molar-refractivity contribution in [1.82, 2.24) is 26.1 Å². The highest BCUT2D eigenvalue weighted by Crippen LogP contribution is 2.38. The molecule has 7 nitrogen and oxygen atoms in total. The second kappa shape index (κ2) is 22.0. The highest BCUT2D eigenvalue weighted by molar-refractivity contribution is 14.1. The number of aromatic nitrogens is 4. The molecular weight excluding hydrogens is 1010 g/mol. The van der Waals surface area contributed by atoms with Crippen molar-refractivity contribution in [2.45, 2.75) is 46.3 Å². The van der Waals surface area contributed by atoms with Gasteiger partial charge in [0.2, 0.25) is 0 Å². The fraction of sp³-hybridized carbons (Fsp3) is 0.137. The van der Waals surface area contributed by atoms with Gasteiger partial charge in [-0.3, -0.25) is 19.9 Å². The number of hydrogen-bond donors (Lipinski definition) is 1. The van der Waals surface area contributed by atoms with E-state index in [4.69, 9.17) is 9.31 Å². The molecule has 4 aromatic heterocycles. The zero-order valence-corrected chi connectivity index (χ0v) is 39.7. The molecule has 62 heavy (non-hydrogen) atoms. The summed E-state index contributed by atoms with van der Waals surface area (Å²) in [5.74, 6) is 0. The van der Waals surface area contributed by atoms with E-state index >= 15 is 0 Å². The van der Waals surface area contributed by atoms with Crippen LogP contribution in [0.5, 0.6) is 0 Å². The number of pyridine rings is 4. The summed E-state index contributed by atoms with van der Waals surface area (Å²) >= 11 is 9.20. The van der Waals surface area contributed by atoms with E-state index in [9.17, 15) is 0 Å². The van der Waals surface area contributed by atoms with Crippen molar-refractivity contribution in [1.29, 1.82) is 0 Å². The van der Waals surface area contributed by atoms with Crippen molar-refractivity contribution in [3.8, 4) is 55.6 Å². The maximum Gasteiger partial charge on any atom is 0.494 e. The number of rotatable bonds is 6. The van der Waals surface area contributed by atoms with Gasteiger partial charge >= 0.3 is 7.12 Å². The average molecular weight is 1060 g/mol. The highest BCUT2D eigenvalue weighted by Gasteiger charge is 2.51. The zero-order valence-electron chi connectivity index (χ0n) is 34.3. The van der Waals surface area contributed by atoms with E-state index in [1.54, 1.807) is 24.8 Å². The van der Waals surface area contributed by atoms with Crippen LogP contribution in [-0.2, 0) is 9.31 Å². The number of hydrogen-bond acceptors (Lipinski definition) is 7. The SMILES string of the molecule is Brc1cccc(-c2cc(-c3cccnc3)cc(-c3cccnc3)c2)c1.Brc1cccc(I)c1.C.CC1(C)OB(c2cc(-c3cccnc3)cc(-c3cccnc3)c2)OC1(C)C.N. The van der Waals surface area contributed by atoms with Crippen molar-refractivity contribution in [3.63, 3.8) is 0 Å². The molecule has 5 heterocycles. The van der Waals surface area contributed by atoms with Crippen LogP contribution in [0.15, 0.2) is 192 Å². The molecule has 0 saturated carbocycles. The summed E-state index contributed by atoms with van der Waals surface area (Å²) in [6, 6.07) is 45.6. The van der Waals surface area contributed by atoms with Crippen molar-refractivity contribution in [3.05, 3.63) is 196 Å². The fourth-order valence-corrected chi connectivity index (χ4v) is 8.26. The van der Waals surface area contributed by atoms with Crippen molar-refractivity contribution < 1.29 is 9.31 Å². The Morgan fingerprint density at radius 1 is 0.435 bits per heavy atom. The molecule has 8 aromatic rings. The molecule has 4 aromatic carbocycles. The maximum absolute atomic E-state index is 6.28. The predicted octanol–water partition coefficient (Wildman–Crippen LogP) is 14.2. The topological polar surface area (TPSA) is 105 Å². The van der Waals surface area contributed by atoms with E-state index in [1.165, 1.54) is 14.7 Å². The molecule has 0 amide bonds. The van der Waals surface area contributed by atoms with Gasteiger partial charge in [0.05, 0.1) is 11.2 Å². The molecule has 1 fully saturated rings. The minimum atomic E-state index is -0.415. The van der Waals surface area contributed by atoms with Crippen molar-refractivity contribution in [2.75, 3.05) is 0 Å². The maximum atomic E-state index is 6.28. The molecular formula is C51H49BBr2IN5O2. The summed E-state index contributed by atoms with van der Waals surface area (Å²) in [4.78, 5) is 17.0. The largest absolute Gasteiger partial charge is 0.494 e. The normalized spacial score (nSPS) is 13.2. The van der Waals surface area contributed by atoms with Crippen LogP contribution in [0.3, 0.4) is 0 Å². The van der Waals surface area contributed by atoms with Crippen LogP contribution >= 0.6 is 54.5 Å². The van der Waals surface area contributed by atoms with Gasteiger partial charge in [0.1, 0.15) is 0 Å². The number of benzene rings is 4. The third-order valence-corrected chi connectivity index (χ3v) is 12.0. The van der Waals surface area contributed by atoms with Gasteiger partial charge < -0.3 is 15.5 Å². The van der Waals surface area contributed by atoms with Gasteiger partial charge in [-0.25, -0.2) is 0 Å². The monoisotopic (exact) mass is 1060 g/mol. The van der Waals surface area contributed by atoms with Crippen molar-refractivity contribution >= 4 is 67.0 Å². The molecule has 0 spiro atoms. The Balaban J connectivity index is 0.000000194. The Bertz CT molecular complexity index is 2510. The van der Waals surface area contributed by atoms with Crippen LogP contribution in [0.1, 0.15) is 35.1 Å². The summed E-state index contributed by atoms with van der Waals surface area (Å²) in [6.45, 7) is 8.28. The molecule has 11 heteroatoms. The summed E-state index contributed by atoms with van der Waals surface area (Å²) < 4.78 is 16.0. The molecule has 0 bridgehead atoms. The van der Waals surface area contributed by atoms with Gasteiger partial charge in [-0.15, -0.1) is 0 Å². The van der Waals surface area contributed by atoms with Crippen LogP contribution in [0.2, 0.25) is 0 Å². The molecule has 9 rings (SSSR count). The smallest absolute Gasteiger partial charge is 0.399 e. The highest BCUT2D eigenvalue weighted by atomic mass is 127. The Morgan fingerprint density at radius 2 is 0.774 bits per heavy atom. The lowest BCUT2D eigenvalue weighted by atomic mass is 9.76. The molecule has 3 N–H and O–H groups in total. The molecule has 0 radical (unpaired) electrons. The first-order chi connectivity index (χ1) is 28.9. The summed E-state index contributed by atoms with van der Waals surface area (Å²) in [7, 11) is -0.415. The summed E-state index contributed by atoms with van der Waals surface area (Å²) in [5.41, 5.74) is 11.3. The van der Waals surface area contributed by atoms with Crippen LogP contribution < -0.4 is 11.6 Å². The standard InChI is InChI=1S/C22H23BN2O2.C22H15BrN2.C6H4BrI.CH4.H3N/c1-21(2)22(3,4)27-23(26-21)20-12-18(16-7-5-9-24-14-16)11-19(13-20)17-8-6-10-25-15-17;23-22-7-1-4-16(13-22)19-10-20(17-5-2-8-24-14-17)12-21(11-19)18-6-3-9-25-15-18;7-5-2-1-3-6(8)4-5;;/h5-15H,1-4H3;1-15H;1-4H;1H4;1H3. The molecule has 0 atom stereocenters. The van der Waals surface area contributed by atoms with Crippen LogP contribution in [0.4, 0.5) is 0 Å². The Labute approximate surface area is 397 Å². The van der Waals surface area contributed by atoms with E-state index in [2.05, 4.69) is 193 Å². The van der Waals surface area contributed by atoms with E-state index < -0.39 is 7.12 Å². The quantitative estimate of drug-likeness (QED) is 0.131. The van der Waals surface area contributed by atoms with E-state index in [0.29, 0.717) is 0 Å². The lowest BCUT2D eigenvalue weighted by Gasteiger charge is -2.32. The third-order valence-electron chi connectivity index (χ3n) is 10.3. The minimum absolute atomic E-state index is 0. The Hall–Kier alpha value is -4.89. The first-order valence-electron chi connectivity index (χ1n) is 19.4. The van der Waals surface area contributed by atoms with Crippen molar-refractivity contribution in [2.24, 2.45) is 0 Å². The van der Waals surface area contributed by atoms with Crippen LogP contribution in [0, 0.1) is 3.57 Å². The molecule has 1 aliphatic heterocycles. The average Bonchev–Trinajstić information content (AvgIpc) is 3.50. The molecule has 314 valence electrons. The molecule has 1 saturated heterocycles. The van der Waals surface area contributed by atoms with Gasteiger partial charge in [-0.2, -0.15) is 0 Å². The second-order valence-corrected chi connectivity index (χ2v) is 18.2. The fourth-order valence-electron chi connectivity index (χ4n) is 6.49. The lowest BCUT2D eigenvalue weighted by Crippen LogP contribution is -2.41. The first kappa shape index (κ1) is 48.2. The van der Waals surface area contributed by atoms with Crippen LogP contribution in [0.25, 0.3) is 55.6 Å². The van der Waals surface area contributed by atoms with Gasteiger partial charge in [0, 0.05) is 73.2 Å². The number of nitrogens with zero attached hydrogens (tertiary/aromatic N) is 4. The van der Waals surface area contributed by atoms with Gasteiger partial charge in [0.25, 0.3) is 0 Å². The zero-order chi connectivity index (χ0) is 42.1. The third kappa shape index (κ3) is 12.4. The van der Waals surface area contributed by atoms with Gasteiger partial charge in [-0.1, -0.05) is 93.9 Å². The minimum Gasteiger partial charge on any atom is -0.399 e. The predicted molar refractivity (Wildman–Crippen MR) is 273 cm³/mol. The van der Waals surface area contributed by atoms with Gasteiger partial charge in [-0.05, 0) is 179 Å². The van der Waals surface area contributed by atoms with Gasteiger partial charge in [0.15, 0.2) is 0 Å². The molecule has 1 aliphatic rings. The number of halogens is 3. The summed E-state index contributed by atoms with van der Waals surface area (Å²) in [6.07, 6.45) is 14.7. The summed E-state index contributed by atoms with van der Waals surface area (Å²) in [5, 5.41) is 0.